The van der Waals surface area contributed by atoms with E-state index in [0.29, 0.717) is 23.8 Å². The van der Waals surface area contributed by atoms with Gasteiger partial charge in [0, 0.05) is 42.9 Å². The molecule has 1 aliphatic rings. The molecule has 7 nitrogen and oxygen atoms in total. The minimum atomic E-state index is -0.0830. The molecule has 0 atom stereocenters. The summed E-state index contributed by atoms with van der Waals surface area (Å²) in [5.41, 5.74) is 3.58. The standard InChI is InChI=1S/C26H32N4O3S/c1-3-19-4-9-24-20(16-19)17-21(25(31)28-24)18-30(11-10-29-12-14-33-15-13-29)26(34)27-22-5-7-23(32-2)8-6-22/h4-9,16-17H,3,10-15,18H2,1-2H3,(H,27,34)(H,28,31). The molecule has 0 bridgehead atoms. The second-order valence-corrected chi connectivity index (χ2v) is 8.82. The molecule has 0 amide bonds. The Balaban J connectivity index is 1.55. The zero-order valence-electron chi connectivity index (χ0n) is 19.8. The Hall–Kier alpha value is -2.94. The van der Waals surface area contributed by atoms with E-state index in [9.17, 15) is 4.79 Å². The van der Waals surface area contributed by atoms with Crippen LogP contribution in [0.1, 0.15) is 18.1 Å². The number of methoxy groups -OCH3 is 1. The lowest BCUT2D eigenvalue weighted by Gasteiger charge is -2.31. The lowest BCUT2D eigenvalue weighted by Crippen LogP contribution is -2.44. The van der Waals surface area contributed by atoms with Crippen LogP contribution in [-0.4, -0.2) is 66.4 Å². The fourth-order valence-electron chi connectivity index (χ4n) is 4.06. The van der Waals surface area contributed by atoms with Crippen molar-refractivity contribution in [3.8, 4) is 5.75 Å². The van der Waals surface area contributed by atoms with Crippen molar-refractivity contribution in [2.24, 2.45) is 0 Å². The van der Waals surface area contributed by atoms with Crippen LogP contribution >= 0.6 is 12.2 Å². The molecule has 1 aromatic heterocycles. The summed E-state index contributed by atoms with van der Waals surface area (Å²) in [6, 6.07) is 15.8. The molecule has 3 aromatic rings. The molecule has 34 heavy (non-hydrogen) atoms. The predicted octanol–water partition coefficient (Wildman–Crippen LogP) is 3.63. The second kappa shape index (κ2) is 11.5. The molecular weight excluding hydrogens is 448 g/mol. The van der Waals surface area contributed by atoms with Gasteiger partial charge in [0.2, 0.25) is 0 Å². The van der Waals surface area contributed by atoms with Crippen LogP contribution in [0, 0.1) is 0 Å². The number of aromatic amines is 1. The van der Waals surface area contributed by atoms with Crippen molar-refractivity contribution in [2.75, 3.05) is 51.8 Å². The molecule has 0 spiro atoms. The van der Waals surface area contributed by atoms with Gasteiger partial charge in [-0.3, -0.25) is 9.69 Å². The van der Waals surface area contributed by atoms with E-state index < -0.39 is 0 Å². The zero-order valence-corrected chi connectivity index (χ0v) is 20.6. The van der Waals surface area contributed by atoms with Crippen LogP contribution in [0.3, 0.4) is 0 Å². The third kappa shape index (κ3) is 6.14. The number of H-pyrrole nitrogens is 1. The van der Waals surface area contributed by atoms with Crippen LogP contribution in [0.4, 0.5) is 5.69 Å². The first-order valence-electron chi connectivity index (χ1n) is 11.7. The Labute approximate surface area is 205 Å². The van der Waals surface area contributed by atoms with Crippen molar-refractivity contribution in [2.45, 2.75) is 19.9 Å². The van der Waals surface area contributed by atoms with Crippen LogP contribution in [-0.2, 0) is 17.7 Å². The van der Waals surface area contributed by atoms with Crippen LogP contribution in [0.2, 0.25) is 0 Å². The van der Waals surface area contributed by atoms with E-state index in [4.69, 9.17) is 21.7 Å². The van der Waals surface area contributed by atoms with E-state index in [1.807, 2.05) is 36.4 Å². The minimum absolute atomic E-state index is 0.0830. The fraction of sp³-hybridized carbons (Fsp3) is 0.385. The summed E-state index contributed by atoms with van der Waals surface area (Å²) in [5.74, 6) is 0.787. The van der Waals surface area contributed by atoms with Crippen molar-refractivity contribution in [3.05, 3.63) is 70.0 Å². The van der Waals surface area contributed by atoms with Crippen LogP contribution in [0.15, 0.2) is 53.3 Å². The van der Waals surface area contributed by atoms with E-state index >= 15 is 0 Å². The normalized spacial score (nSPS) is 14.2. The van der Waals surface area contributed by atoms with E-state index in [1.54, 1.807) is 7.11 Å². The van der Waals surface area contributed by atoms with Gasteiger partial charge in [-0.2, -0.15) is 0 Å². The van der Waals surface area contributed by atoms with Crippen molar-refractivity contribution >= 4 is 33.9 Å². The number of morpholine rings is 1. The van der Waals surface area contributed by atoms with Gasteiger partial charge in [-0.15, -0.1) is 0 Å². The lowest BCUT2D eigenvalue weighted by atomic mass is 10.1. The lowest BCUT2D eigenvalue weighted by molar-refractivity contribution is 0.0358. The highest BCUT2D eigenvalue weighted by molar-refractivity contribution is 7.80. The number of nitrogens with zero attached hydrogens (tertiary/aromatic N) is 2. The zero-order chi connectivity index (χ0) is 23.9. The van der Waals surface area contributed by atoms with Gasteiger partial charge in [0.05, 0.1) is 26.9 Å². The number of thiocarbonyl (C=S) groups is 1. The monoisotopic (exact) mass is 480 g/mol. The highest BCUT2D eigenvalue weighted by Crippen LogP contribution is 2.18. The molecular formula is C26H32N4O3S. The van der Waals surface area contributed by atoms with Gasteiger partial charge in [0.15, 0.2) is 5.11 Å². The molecule has 1 saturated heterocycles. The third-order valence-electron chi connectivity index (χ3n) is 6.17. The molecule has 1 aliphatic heterocycles. The second-order valence-electron chi connectivity index (χ2n) is 8.43. The summed E-state index contributed by atoms with van der Waals surface area (Å²) in [6.45, 7) is 7.41. The van der Waals surface area contributed by atoms with E-state index in [-0.39, 0.29) is 5.56 Å². The van der Waals surface area contributed by atoms with Gasteiger partial charge >= 0.3 is 0 Å². The Morgan fingerprint density at radius 3 is 2.65 bits per heavy atom. The Kier molecular flexibility index (Phi) is 8.16. The quantitative estimate of drug-likeness (QED) is 0.477. The Morgan fingerprint density at radius 1 is 1.18 bits per heavy atom. The summed E-state index contributed by atoms with van der Waals surface area (Å²) in [5, 5.41) is 4.94. The third-order valence-corrected chi connectivity index (χ3v) is 6.53. The number of nitrogens with one attached hydrogen (secondary N) is 2. The molecule has 0 radical (unpaired) electrons. The number of aryl methyl sites for hydroxylation is 1. The first-order chi connectivity index (χ1) is 16.6. The number of hydrogen-bond acceptors (Lipinski definition) is 5. The largest absolute Gasteiger partial charge is 0.497 e. The molecule has 4 rings (SSSR count). The molecule has 2 heterocycles. The summed E-state index contributed by atoms with van der Waals surface area (Å²) in [4.78, 5) is 20.4. The maximum atomic E-state index is 12.9. The SMILES string of the molecule is CCc1ccc2[nH]c(=O)c(CN(CCN3CCOCC3)C(=S)Nc3ccc(OC)cc3)cc2c1. The van der Waals surface area contributed by atoms with E-state index in [0.717, 1.165) is 61.6 Å². The molecule has 0 aliphatic carbocycles. The summed E-state index contributed by atoms with van der Waals surface area (Å²) in [7, 11) is 1.64. The van der Waals surface area contributed by atoms with Gasteiger partial charge in [0.1, 0.15) is 5.75 Å². The first-order valence-corrected chi connectivity index (χ1v) is 12.1. The van der Waals surface area contributed by atoms with Crippen LogP contribution < -0.4 is 15.6 Å². The van der Waals surface area contributed by atoms with Crippen molar-refractivity contribution in [1.82, 2.24) is 14.8 Å². The number of fused-ring (bicyclic) bond motifs is 1. The number of rotatable bonds is 8. The smallest absolute Gasteiger partial charge is 0.253 e. The Morgan fingerprint density at radius 2 is 1.94 bits per heavy atom. The number of pyridine rings is 1. The number of anilines is 1. The van der Waals surface area contributed by atoms with Gasteiger partial charge in [-0.05, 0) is 72.1 Å². The maximum Gasteiger partial charge on any atom is 0.253 e. The number of ether oxygens (including phenoxy) is 2. The van der Waals surface area contributed by atoms with Gasteiger partial charge in [0.25, 0.3) is 5.56 Å². The van der Waals surface area contributed by atoms with Gasteiger partial charge in [-0.1, -0.05) is 13.0 Å². The Bertz CT molecular complexity index is 1170. The number of benzene rings is 2. The average Bonchev–Trinajstić information content (AvgIpc) is 2.87. The maximum absolute atomic E-state index is 12.9. The van der Waals surface area contributed by atoms with Gasteiger partial charge < -0.3 is 24.7 Å². The average molecular weight is 481 g/mol. The molecule has 0 saturated carbocycles. The summed E-state index contributed by atoms with van der Waals surface area (Å²) < 4.78 is 10.7. The fourth-order valence-corrected chi connectivity index (χ4v) is 4.33. The van der Waals surface area contributed by atoms with Crippen LogP contribution in [0.5, 0.6) is 5.75 Å². The highest BCUT2D eigenvalue weighted by Gasteiger charge is 2.17. The number of hydrogen-bond donors (Lipinski definition) is 2. The van der Waals surface area contributed by atoms with Crippen molar-refractivity contribution in [1.29, 1.82) is 0 Å². The molecule has 8 heteroatoms. The molecule has 180 valence electrons. The van der Waals surface area contributed by atoms with Crippen LogP contribution in [0.25, 0.3) is 10.9 Å². The molecule has 2 aromatic carbocycles. The molecule has 1 fully saturated rings. The van der Waals surface area contributed by atoms with Crippen molar-refractivity contribution < 1.29 is 9.47 Å². The molecule has 2 N–H and O–H groups in total. The summed E-state index contributed by atoms with van der Waals surface area (Å²) >= 11 is 5.79. The summed E-state index contributed by atoms with van der Waals surface area (Å²) in [6.07, 6.45) is 0.950. The first kappa shape index (κ1) is 24.2. The number of aromatic nitrogens is 1. The van der Waals surface area contributed by atoms with Gasteiger partial charge in [-0.25, -0.2) is 0 Å². The molecule has 0 unspecified atom stereocenters. The van der Waals surface area contributed by atoms with E-state index in [1.165, 1.54) is 5.56 Å². The van der Waals surface area contributed by atoms with Crippen molar-refractivity contribution in [3.63, 3.8) is 0 Å². The highest BCUT2D eigenvalue weighted by atomic mass is 32.1. The minimum Gasteiger partial charge on any atom is -0.497 e. The topological polar surface area (TPSA) is 69.8 Å². The van der Waals surface area contributed by atoms with E-state index in [2.05, 4.69) is 39.2 Å². The predicted molar refractivity (Wildman–Crippen MR) is 141 cm³/mol.